The molecule has 0 heterocycles. The molecular formula is C14H19NO3. The molecule has 1 aromatic rings. The first-order valence-electron chi connectivity index (χ1n) is 5.96. The fourth-order valence-electron chi connectivity index (χ4n) is 1.73. The van der Waals surface area contributed by atoms with Crippen LogP contribution in [-0.4, -0.2) is 34.8 Å². The van der Waals surface area contributed by atoms with E-state index in [1.165, 1.54) is 12.5 Å². The van der Waals surface area contributed by atoms with E-state index in [4.69, 9.17) is 5.11 Å². The van der Waals surface area contributed by atoms with E-state index in [0.717, 1.165) is 5.56 Å². The Kier molecular flexibility index (Phi) is 5.52. The SMILES string of the molecule is CC(=O)CN(CCC(=O)O)Cc1ccc(C)cc1. The second kappa shape index (κ2) is 6.91. The summed E-state index contributed by atoms with van der Waals surface area (Å²) >= 11 is 0. The van der Waals surface area contributed by atoms with Crippen LogP contribution in [-0.2, 0) is 16.1 Å². The third-order valence-electron chi connectivity index (χ3n) is 2.61. The highest BCUT2D eigenvalue weighted by Gasteiger charge is 2.10. The van der Waals surface area contributed by atoms with Gasteiger partial charge in [-0.25, -0.2) is 0 Å². The molecule has 4 heteroatoms. The van der Waals surface area contributed by atoms with Crippen LogP contribution in [0.25, 0.3) is 0 Å². The second-order valence-corrected chi connectivity index (χ2v) is 4.54. The van der Waals surface area contributed by atoms with Crippen LogP contribution < -0.4 is 0 Å². The maximum atomic E-state index is 11.2. The summed E-state index contributed by atoms with van der Waals surface area (Å²) in [6, 6.07) is 8.03. The van der Waals surface area contributed by atoms with Crippen LogP contribution in [0.2, 0.25) is 0 Å². The molecule has 1 aromatic carbocycles. The minimum absolute atomic E-state index is 0.0486. The van der Waals surface area contributed by atoms with Crippen molar-refractivity contribution in [1.29, 1.82) is 0 Å². The Morgan fingerprint density at radius 1 is 1.22 bits per heavy atom. The number of carbonyl (C=O) groups is 2. The highest BCUT2D eigenvalue weighted by atomic mass is 16.4. The first kappa shape index (κ1) is 14.4. The monoisotopic (exact) mass is 249 g/mol. The number of hydrogen-bond donors (Lipinski definition) is 1. The van der Waals surface area contributed by atoms with Crippen LogP contribution in [0.3, 0.4) is 0 Å². The molecule has 0 aliphatic rings. The zero-order chi connectivity index (χ0) is 13.5. The maximum Gasteiger partial charge on any atom is 0.304 e. The van der Waals surface area contributed by atoms with Gasteiger partial charge < -0.3 is 5.11 Å². The lowest BCUT2D eigenvalue weighted by Gasteiger charge is -2.20. The highest BCUT2D eigenvalue weighted by molar-refractivity contribution is 5.77. The number of carboxylic acids is 1. The van der Waals surface area contributed by atoms with E-state index in [1.54, 1.807) is 0 Å². The van der Waals surface area contributed by atoms with Gasteiger partial charge in [0.1, 0.15) is 5.78 Å². The summed E-state index contributed by atoms with van der Waals surface area (Å²) in [5.74, 6) is -0.792. The van der Waals surface area contributed by atoms with Crippen LogP contribution in [0.4, 0.5) is 0 Å². The van der Waals surface area contributed by atoms with Crippen molar-refractivity contribution < 1.29 is 14.7 Å². The molecule has 0 saturated carbocycles. The van der Waals surface area contributed by atoms with Crippen LogP contribution in [0.1, 0.15) is 24.5 Å². The van der Waals surface area contributed by atoms with E-state index in [-0.39, 0.29) is 12.2 Å². The maximum absolute atomic E-state index is 11.2. The number of rotatable bonds is 7. The summed E-state index contributed by atoms with van der Waals surface area (Å²) in [6.45, 7) is 4.82. The molecule has 0 radical (unpaired) electrons. The second-order valence-electron chi connectivity index (χ2n) is 4.54. The van der Waals surface area contributed by atoms with Gasteiger partial charge in [-0.3, -0.25) is 14.5 Å². The topological polar surface area (TPSA) is 57.6 Å². The van der Waals surface area contributed by atoms with E-state index in [1.807, 2.05) is 36.1 Å². The van der Waals surface area contributed by atoms with Crippen molar-refractivity contribution >= 4 is 11.8 Å². The van der Waals surface area contributed by atoms with Gasteiger partial charge in [-0.2, -0.15) is 0 Å². The number of ketones is 1. The minimum atomic E-state index is -0.840. The Bertz CT molecular complexity index is 412. The summed E-state index contributed by atoms with van der Waals surface area (Å²) in [7, 11) is 0. The van der Waals surface area contributed by atoms with Gasteiger partial charge in [0.2, 0.25) is 0 Å². The molecule has 0 bridgehead atoms. The van der Waals surface area contributed by atoms with Crippen LogP contribution in [0, 0.1) is 6.92 Å². The Hall–Kier alpha value is -1.68. The molecule has 0 atom stereocenters. The number of aryl methyl sites for hydroxylation is 1. The summed E-state index contributed by atoms with van der Waals surface area (Å²) in [5.41, 5.74) is 2.27. The molecule has 0 aliphatic heterocycles. The molecule has 0 spiro atoms. The van der Waals surface area contributed by atoms with Crippen molar-refractivity contribution in [1.82, 2.24) is 4.90 Å². The summed E-state index contributed by atoms with van der Waals surface area (Å²) in [6.07, 6.45) is 0.0547. The van der Waals surface area contributed by atoms with Gasteiger partial charge in [-0.15, -0.1) is 0 Å². The highest BCUT2D eigenvalue weighted by Crippen LogP contribution is 2.07. The summed E-state index contributed by atoms with van der Waals surface area (Å²) < 4.78 is 0. The third kappa shape index (κ3) is 5.59. The molecule has 0 unspecified atom stereocenters. The predicted octanol–water partition coefficient (Wildman–Crippen LogP) is 1.86. The molecule has 1 N–H and O–H groups in total. The lowest BCUT2D eigenvalue weighted by atomic mass is 10.1. The van der Waals surface area contributed by atoms with Gasteiger partial charge in [-0.05, 0) is 19.4 Å². The average Bonchev–Trinajstić information content (AvgIpc) is 2.28. The van der Waals surface area contributed by atoms with Crippen molar-refractivity contribution in [3.05, 3.63) is 35.4 Å². The number of nitrogens with zero attached hydrogens (tertiary/aromatic N) is 1. The van der Waals surface area contributed by atoms with E-state index in [2.05, 4.69) is 0 Å². The lowest BCUT2D eigenvalue weighted by Crippen LogP contribution is -2.30. The zero-order valence-electron chi connectivity index (χ0n) is 10.8. The average molecular weight is 249 g/mol. The normalized spacial score (nSPS) is 10.6. The van der Waals surface area contributed by atoms with Crippen molar-refractivity contribution in [2.24, 2.45) is 0 Å². The first-order valence-corrected chi connectivity index (χ1v) is 5.96. The first-order chi connectivity index (χ1) is 8.47. The van der Waals surface area contributed by atoms with E-state index < -0.39 is 5.97 Å². The van der Waals surface area contributed by atoms with E-state index >= 15 is 0 Å². The minimum Gasteiger partial charge on any atom is -0.481 e. The smallest absolute Gasteiger partial charge is 0.304 e. The van der Waals surface area contributed by atoms with Crippen LogP contribution in [0.15, 0.2) is 24.3 Å². The molecule has 4 nitrogen and oxygen atoms in total. The van der Waals surface area contributed by atoms with Gasteiger partial charge in [0.15, 0.2) is 0 Å². The third-order valence-corrected chi connectivity index (χ3v) is 2.61. The van der Waals surface area contributed by atoms with E-state index in [9.17, 15) is 9.59 Å². The molecule has 0 aromatic heterocycles. The Morgan fingerprint density at radius 3 is 2.33 bits per heavy atom. The molecular weight excluding hydrogens is 230 g/mol. The predicted molar refractivity (Wildman–Crippen MR) is 69.4 cm³/mol. The lowest BCUT2D eigenvalue weighted by molar-refractivity contribution is -0.137. The van der Waals surface area contributed by atoms with Crippen LogP contribution in [0.5, 0.6) is 0 Å². The van der Waals surface area contributed by atoms with Gasteiger partial charge >= 0.3 is 5.97 Å². The fraction of sp³-hybridized carbons (Fsp3) is 0.429. The standard InChI is InChI=1S/C14H19NO3/c1-11-3-5-13(6-4-11)10-15(9-12(2)16)8-7-14(17)18/h3-6H,7-10H2,1-2H3,(H,17,18). The molecule has 1 rings (SSSR count). The number of carbonyl (C=O) groups excluding carboxylic acids is 1. The zero-order valence-corrected chi connectivity index (χ0v) is 10.8. The number of aliphatic carboxylic acids is 1. The van der Waals surface area contributed by atoms with Gasteiger partial charge in [0.25, 0.3) is 0 Å². The largest absolute Gasteiger partial charge is 0.481 e. The van der Waals surface area contributed by atoms with Gasteiger partial charge in [0.05, 0.1) is 13.0 Å². The van der Waals surface area contributed by atoms with Gasteiger partial charge in [0, 0.05) is 13.1 Å². The number of Topliss-reactive ketones (excluding diaryl/α,β-unsaturated/α-hetero) is 1. The Morgan fingerprint density at radius 2 is 1.83 bits per heavy atom. The number of hydrogen-bond acceptors (Lipinski definition) is 3. The number of benzene rings is 1. The van der Waals surface area contributed by atoms with Crippen molar-refractivity contribution in [2.75, 3.05) is 13.1 Å². The Balaban J connectivity index is 2.61. The van der Waals surface area contributed by atoms with Crippen molar-refractivity contribution in [2.45, 2.75) is 26.8 Å². The molecule has 0 fully saturated rings. The van der Waals surface area contributed by atoms with Gasteiger partial charge in [-0.1, -0.05) is 29.8 Å². The Labute approximate surface area is 107 Å². The quantitative estimate of drug-likeness (QED) is 0.801. The molecule has 0 amide bonds. The van der Waals surface area contributed by atoms with Crippen molar-refractivity contribution in [3.63, 3.8) is 0 Å². The number of carboxylic acid groups (broad SMARTS) is 1. The fourth-order valence-corrected chi connectivity index (χ4v) is 1.73. The van der Waals surface area contributed by atoms with Crippen LogP contribution >= 0.6 is 0 Å². The van der Waals surface area contributed by atoms with Crippen molar-refractivity contribution in [3.8, 4) is 0 Å². The molecule has 18 heavy (non-hydrogen) atoms. The molecule has 0 saturated heterocycles. The summed E-state index contributed by atoms with van der Waals surface area (Å²) in [5, 5.41) is 8.69. The molecule has 98 valence electrons. The summed E-state index contributed by atoms with van der Waals surface area (Å²) in [4.78, 5) is 23.6. The molecule has 0 aliphatic carbocycles. The van der Waals surface area contributed by atoms with E-state index in [0.29, 0.717) is 19.6 Å².